The summed E-state index contributed by atoms with van der Waals surface area (Å²) in [5.74, 6) is -2.07. The minimum atomic E-state index is -1.09. The van der Waals surface area contributed by atoms with Crippen LogP contribution in [0.15, 0.2) is 23.3 Å². The molecule has 2 rings (SSSR count). The molecule has 0 aliphatic heterocycles. The Bertz CT molecular complexity index is 795. The highest BCUT2D eigenvalue weighted by Gasteiger charge is 2.29. The highest BCUT2D eigenvalue weighted by atomic mass is 32.1. The molecule has 0 radical (unpaired) electrons. The SMILES string of the molecule is COC(=O)/C(=C(/C)O)n1c(C)c(C(=O)O)c(-c2cccs2)c1C. The number of aromatic nitrogens is 1. The smallest absolute Gasteiger partial charge is 0.358 e. The van der Waals surface area contributed by atoms with Crippen LogP contribution in [0.4, 0.5) is 0 Å². The summed E-state index contributed by atoms with van der Waals surface area (Å²) in [5.41, 5.74) is 1.46. The molecule has 2 aromatic rings. The summed E-state index contributed by atoms with van der Waals surface area (Å²) >= 11 is 1.41. The number of carboxylic acids is 1. The number of aliphatic hydroxyl groups is 1. The average molecular weight is 335 g/mol. The van der Waals surface area contributed by atoms with E-state index in [2.05, 4.69) is 0 Å². The van der Waals surface area contributed by atoms with E-state index < -0.39 is 11.9 Å². The minimum absolute atomic E-state index is 0.0900. The molecular weight excluding hydrogens is 318 g/mol. The zero-order chi connectivity index (χ0) is 17.3. The van der Waals surface area contributed by atoms with Gasteiger partial charge in [0.15, 0.2) is 5.70 Å². The van der Waals surface area contributed by atoms with Gasteiger partial charge in [0.25, 0.3) is 0 Å². The molecule has 0 atom stereocenters. The zero-order valence-corrected chi connectivity index (χ0v) is 14.0. The maximum atomic E-state index is 12.0. The Morgan fingerprint density at radius 2 is 1.87 bits per heavy atom. The van der Waals surface area contributed by atoms with Gasteiger partial charge in [0, 0.05) is 21.8 Å². The van der Waals surface area contributed by atoms with Crippen LogP contribution in [0.5, 0.6) is 0 Å². The topological polar surface area (TPSA) is 88.8 Å². The van der Waals surface area contributed by atoms with Gasteiger partial charge in [-0.2, -0.15) is 0 Å². The van der Waals surface area contributed by atoms with Crippen molar-refractivity contribution < 1.29 is 24.5 Å². The number of aromatic carboxylic acids is 1. The Morgan fingerprint density at radius 1 is 1.22 bits per heavy atom. The third-order valence-electron chi connectivity index (χ3n) is 3.57. The Morgan fingerprint density at radius 3 is 2.30 bits per heavy atom. The number of allylic oxidation sites excluding steroid dienone is 1. The molecule has 2 aromatic heterocycles. The van der Waals surface area contributed by atoms with E-state index in [-0.39, 0.29) is 17.0 Å². The van der Waals surface area contributed by atoms with Gasteiger partial charge in [-0.15, -0.1) is 11.3 Å². The number of rotatable bonds is 4. The molecule has 122 valence electrons. The van der Waals surface area contributed by atoms with Crippen LogP contribution in [0.1, 0.15) is 28.7 Å². The van der Waals surface area contributed by atoms with E-state index in [1.807, 2.05) is 17.5 Å². The molecule has 0 amide bonds. The summed E-state index contributed by atoms with van der Waals surface area (Å²) in [5, 5.41) is 21.3. The Hall–Kier alpha value is -2.54. The molecule has 0 spiro atoms. The molecule has 6 nitrogen and oxygen atoms in total. The maximum absolute atomic E-state index is 12.0. The van der Waals surface area contributed by atoms with Gasteiger partial charge in [-0.05, 0) is 32.2 Å². The summed E-state index contributed by atoms with van der Waals surface area (Å²) in [6, 6.07) is 3.64. The number of carboxylic acid groups (broad SMARTS) is 1. The van der Waals surface area contributed by atoms with E-state index in [4.69, 9.17) is 4.74 Å². The van der Waals surface area contributed by atoms with Gasteiger partial charge < -0.3 is 19.5 Å². The molecule has 0 bridgehead atoms. The largest absolute Gasteiger partial charge is 0.510 e. The number of esters is 1. The van der Waals surface area contributed by atoms with Crippen LogP contribution in [-0.4, -0.2) is 33.8 Å². The third kappa shape index (κ3) is 2.75. The minimum Gasteiger partial charge on any atom is -0.510 e. The van der Waals surface area contributed by atoms with Crippen molar-refractivity contribution >= 4 is 29.0 Å². The van der Waals surface area contributed by atoms with Crippen molar-refractivity contribution in [1.82, 2.24) is 4.57 Å². The van der Waals surface area contributed by atoms with E-state index in [0.717, 1.165) is 4.88 Å². The third-order valence-corrected chi connectivity index (χ3v) is 4.46. The molecule has 0 unspecified atom stereocenters. The van der Waals surface area contributed by atoms with E-state index in [9.17, 15) is 19.8 Å². The molecule has 0 fully saturated rings. The molecule has 0 aliphatic carbocycles. The van der Waals surface area contributed by atoms with E-state index >= 15 is 0 Å². The quantitative estimate of drug-likeness (QED) is 0.507. The van der Waals surface area contributed by atoms with Gasteiger partial charge in [-0.25, -0.2) is 9.59 Å². The second kappa shape index (κ2) is 6.29. The second-order valence-corrected chi connectivity index (χ2v) is 5.91. The Balaban J connectivity index is 2.87. The zero-order valence-electron chi connectivity index (χ0n) is 13.2. The fourth-order valence-corrected chi connectivity index (χ4v) is 3.48. The normalized spacial score (nSPS) is 12.0. The molecule has 23 heavy (non-hydrogen) atoms. The number of aliphatic hydroxyl groups excluding tert-OH is 1. The second-order valence-electron chi connectivity index (χ2n) is 4.96. The highest BCUT2D eigenvalue weighted by Crippen LogP contribution is 2.37. The number of nitrogens with zero attached hydrogens (tertiary/aromatic N) is 1. The van der Waals surface area contributed by atoms with Gasteiger partial charge in [0.1, 0.15) is 5.76 Å². The van der Waals surface area contributed by atoms with Crippen molar-refractivity contribution in [2.75, 3.05) is 7.11 Å². The van der Waals surface area contributed by atoms with Gasteiger partial charge in [-0.3, -0.25) is 0 Å². The van der Waals surface area contributed by atoms with E-state index in [1.54, 1.807) is 13.8 Å². The Kier molecular flexibility index (Phi) is 4.60. The molecular formula is C16H17NO5S. The number of carbonyl (C=O) groups excluding carboxylic acids is 1. The van der Waals surface area contributed by atoms with E-state index in [0.29, 0.717) is 17.0 Å². The van der Waals surface area contributed by atoms with Crippen LogP contribution in [0.3, 0.4) is 0 Å². The number of hydrogen-bond acceptors (Lipinski definition) is 5. The molecule has 0 aromatic carbocycles. The molecule has 7 heteroatoms. The van der Waals surface area contributed by atoms with Crippen molar-refractivity contribution in [2.24, 2.45) is 0 Å². The lowest BCUT2D eigenvalue weighted by Crippen LogP contribution is -2.15. The highest BCUT2D eigenvalue weighted by molar-refractivity contribution is 7.13. The van der Waals surface area contributed by atoms with Crippen LogP contribution < -0.4 is 0 Å². The predicted molar refractivity (Wildman–Crippen MR) is 87.7 cm³/mol. The molecule has 2 N–H and O–H groups in total. The van der Waals surface area contributed by atoms with Crippen molar-refractivity contribution in [3.8, 4) is 10.4 Å². The van der Waals surface area contributed by atoms with Gasteiger partial charge in [0.05, 0.1) is 12.7 Å². The monoisotopic (exact) mass is 335 g/mol. The van der Waals surface area contributed by atoms with Crippen molar-refractivity contribution in [3.63, 3.8) is 0 Å². The van der Waals surface area contributed by atoms with Crippen LogP contribution in [0.2, 0.25) is 0 Å². The molecule has 0 aliphatic rings. The molecule has 0 saturated carbocycles. The van der Waals surface area contributed by atoms with E-state index in [1.165, 1.54) is 29.9 Å². The fraction of sp³-hybridized carbons (Fsp3) is 0.250. The lowest BCUT2D eigenvalue weighted by molar-refractivity contribution is -0.134. The summed E-state index contributed by atoms with van der Waals surface area (Å²) in [6.45, 7) is 4.66. The molecule has 0 saturated heterocycles. The summed E-state index contributed by atoms with van der Waals surface area (Å²) in [6.07, 6.45) is 0. The summed E-state index contributed by atoms with van der Waals surface area (Å²) in [7, 11) is 1.21. The first-order valence-corrected chi connectivity index (χ1v) is 7.66. The number of thiophene rings is 1. The van der Waals surface area contributed by atoms with Crippen molar-refractivity contribution in [2.45, 2.75) is 20.8 Å². The molecule has 2 heterocycles. The fourth-order valence-electron chi connectivity index (χ4n) is 2.65. The number of ether oxygens (including phenoxy) is 1. The van der Waals surface area contributed by atoms with Gasteiger partial charge in [0.2, 0.25) is 0 Å². The summed E-state index contributed by atoms with van der Waals surface area (Å²) < 4.78 is 6.15. The number of carbonyl (C=O) groups is 2. The number of methoxy groups -OCH3 is 1. The first kappa shape index (κ1) is 16.8. The van der Waals surface area contributed by atoms with Crippen molar-refractivity contribution in [3.05, 3.63) is 40.2 Å². The standard InChI is InChI=1S/C16H17NO5S/c1-8-12(11-6-5-7-23-11)13(15(19)20)9(2)17(8)14(10(3)18)16(21)22-4/h5-7,18H,1-4H3,(H,19,20)/b14-10+. The first-order chi connectivity index (χ1) is 10.8. The summed E-state index contributed by atoms with van der Waals surface area (Å²) in [4.78, 5) is 24.5. The predicted octanol–water partition coefficient (Wildman–Crippen LogP) is 3.45. The van der Waals surface area contributed by atoms with Crippen LogP contribution in [0, 0.1) is 13.8 Å². The van der Waals surface area contributed by atoms with Gasteiger partial charge in [-0.1, -0.05) is 6.07 Å². The van der Waals surface area contributed by atoms with Crippen LogP contribution in [0.25, 0.3) is 16.1 Å². The number of hydrogen-bond donors (Lipinski definition) is 2. The lowest BCUT2D eigenvalue weighted by Gasteiger charge is -2.13. The van der Waals surface area contributed by atoms with Crippen LogP contribution in [-0.2, 0) is 9.53 Å². The average Bonchev–Trinajstić information content (AvgIpc) is 3.07. The maximum Gasteiger partial charge on any atom is 0.358 e. The van der Waals surface area contributed by atoms with Crippen molar-refractivity contribution in [1.29, 1.82) is 0 Å². The van der Waals surface area contributed by atoms with Gasteiger partial charge >= 0.3 is 11.9 Å². The lowest BCUT2D eigenvalue weighted by atomic mass is 10.1. The first-order valence-electron chi connectivity index (χ1n) is 6.78. The Labute approximate surface area is 137 Å². The van der Waals surface area contributed by atoms with Crippen LogP contribution >= 0.6 is 11.3 Å².